The van der Waals surface area contributed by atoms with Crippen LogP contribution in [0.1, 0.15) is 33.3 Å². The van der Waals surface area contributed by atoms with E-state index in [1.807, 2.05) is 0 Å². The Labute approximate surface area is 119 Å². The van der Waals surface area contributed by atoms with Crippen molar-refractivity contribution in [3.05, 3.63) is 23.8 Å². The van der Waals surface area contributed by atoms with Gasteiger partial charge in [-0.25, -0.2) is 0 Å². The molecule has 1 aliphatic heterocycles. The number of amides is 1. The van der Waals surface area contributed by atoms with E-state index in [0.29, 0.717) is 11.9 Å². The average Bonchev–Trinajstić information content (AvgIpc) is 2.65. The fourth-order valence-corrected chi connectivity index (χ4v) is 1.89. The summed E-state index contributed by atoms with van der Waals surface area (Å²) >= 11 is 0. The lowest BCUT2D eigenvalue weighted by Crippen LogP contribution is -2.53. The lowest BCUT2D eigenvalue weighted by atomic mass is 9.76. The van der Waals surface area contributed by atoms with Crippen LogP contribution in [-0.4, -0.2) is 34.4 Å². The molecule has 108 valence electrons. The van der Waals surface area contributed by atoms with Crippen molar-refractivity contribution in [1.82, 2.24) is 0 Å². The monoisotopic (exact) mass is 277 g/mol. The third-order valence-corrected chi connectivity index (χ3v) is 3.92. The van der Waals surface area contributed by atoms with Crippen molar-refractivity contribution in [2.45, 2.75) is 45.3 Å². The van der Waals surface area contributed by atoms with E-state index in [4.69, 9.17) is 4.65 Å². The Balaban J connectivity index is 2.17. The molecule has 1 heterocycles. The Hall–Kier alpha value is -1.37. The summed E-state index contributed by atoms with van der Waals surface area (Å²) in [6.45, 7) is 6.69. The SMILES string of the molecule is CC(C)(O)C(C)(C)OB(O)c1ccc2c(c1)CC(=O)N2. The Bertz CT molecular complexity index is 536. The highest BCUT2D eigenvalue weighted by atomic mass is 16.5. The lowest BCUT2D eigenvalue weighted by molar-refractivity contribution is -0.115. The molecule has 20 heavy (non-hydrogen) atoms. The molecule has 6 heteroatoms. The van der Waals surface area contributed by atoms with Gasteiger partial charge >= 0.3 is 7.12 Å². The van der Waals surface area contributed by atoms with E-state index in [1.54, 1.807) is 45.9 Å². The maximum atomic E-state index is 11.3. The van der Waals surface area contributed by atoms with Gasteiger partial charge in [-0.1, -0.05) is 12.1 Å². The molecule has 0 aliphatic carbocycles. The first-order valence-corrected chi connectivity index (χ1v) is 6.61. The maximum absolute atomic E-state index is 11.3. The second kappa shape index (κ2) is 4.88. The molecule has 0 bridgehead atoms. The van der Waals surface area contributed by atoms with Crippen LogP contribution in [0.25, 0.3) is 0 Å². The van der Waals surface area contributed by atoms with Gasteiger partial charge < -0.3 is 20.1 Å². The summed E-state index contributed by atoms with van der Waals surface area (Å²) in [7, 11) is -1.16. The lowest BCUT2D eigenvalue weighted by Gasteiger charge is -2.38. The normalized spacial score (nSPS) is 15.0. The van der Waals surface area contributed by atoms with Crippen molar-refractivity contribution in [1.29, 1.82) is 0 Å². The van der Waals surface area contributed by atoms with Crippen molar-refractivity contribution in [3.8, 4) is 0 Å². The van der Waals surface area contributed by atoms with Crippen LogP contribution in [-0.2, 0) is 15.9 Å². The minimum atomic E-state index is -1.16. The summed E-state index contributed by atoms with van der Waals surface area (Å²) in [4.78, 5) is 11.3. The van der Waals surface area contributed by atoms with Crippen LogP contribution in [0.4, 0.5) is 5.69 Å². The number of hydrogen-bond donors (Lipinski definition) is 3. The zero-order valence-electron chi connectivity index (χ0n) is 12.2. The fourth-order valence-electron chi connectivity index (χ4n) is 1.89. The Morgan fingerprint density at radius 2 is 1.95 bits per heavy atom. The summed E-state index contributed by atoms with van der Waals surface area (Å²) in [5, 5.41) is 23.0. The third kappa shape index (κ3) is 2.87. The predicted molar refractivity (Wildman–Crippen MR) is 77.8 cm³/mol. The van der Waals surface area contributed by atoms with E-state index in [-0.39, 0.29) is 5.91 Å². The van der Waals surface area contributed by atoms with Gasteiger partial charge in [-0.3, -0.25) is 4.79 Å². The first-order chi connectivity index (χ1) is 9.10. The number of carbonyl (C=O) groups excluding carboxylic acids is 1. The van der Waals surface area contributed by atoms with Gasteiger partial charge in [-0.15, -0.1) is 0 Å². The molecule has 0 aromatic heterocycles. The molecule has 1 aromatic rings. The summed E-state index contributed by atoms with van der Waals surface area (Å²) in [6.07, 6.45) is 0.310. The van der Waals surface area contributed by atoms with E-state index >= 15 is 0 Å². The second-order valence-electron chi connectivity index (χ2n) is 6.18. The predicted octanol–water partition coefficient (Wildman–Crippen LogP) is 0.435. The van der Waals surface area contributed by atoms with E-state index in [2.05, 4.69) is 5.32 Å². The summed E-state index contributed by atoms with van der Waals surface area (Å²) in [5.41, 5.74) is 0.170. The summed E-state index contributed by atoms with van der Waals surface area (Å²) in [6, 6.07) is 5.20. The van der Waals surface area contributed by atoms with Crippen molar-refractivity contribution in [2.24, 2.45) is 0 Å². The van der Waals surface area contributed by atoms with Gasteiger partial charge in [0.25, 0.3) is 0 Å². The molecule has 0 radical (unpaired) electrons. The van der Waals surface area contributed by atoms with E-state index in [1.165, 1.54) is 0 Å². The highest BCUT2D eigenvalue weighted by Gasteiger charge is 2.39. The first-order valence-electron chi connectivity index (χ1n) is 6.61. The average molecular weight is 277 g/mol. The van der Waals surface area contributed by atoms with Crippen LogP contribution < -0.4 is 10.8 Å². The Kier molecular flexibility index (Phi) is 3.66. The number of hydrogen-bond acceptors (Lipinski definition) is 4. The highest BCUT2D eigenvalue weighted by Crippen LogP contribution is 2.26. The van der Waals surface area contributed by atoms with Crippen LogP contribution >= 0.6 is 0 Å². The van der Waals surface area contributed by atoms with Crippen LogP contribution in [0.15, 0.2) is 18.2 Å². The highest BCUT2D eigenvalue weighted by molar-refractivity contribution is 6.60. The fraction of sp³-hybridized carbons (Fsp3) is 0.500. The van der Waals surface area contributed by atoms with Crippen molar-refractivity contribution in [2.75, 3.05) is 5.32 Å². The molecule has 2 rings (SSSR count). The van der Waals surface area contributed by atoms with Crippen molar-refractivity contribution >= 4 is 24.2 Å². The van der Waals surface area contributed by atoms with Gasteiger partial charge in [0, 0.05) is 5.69 Å². The molecule has 0 spiro atoms. The molecule has 1 amide bonds. The molecule has 0 saturated heterocycles. The molecule has 3 N–H and O–H groups in total. The van der Waals surface area contributed by atoms with E-state index < -0.39 is 18.3 Å². The van der Waals surface area contributed by atoms with E-state index in [9.17, 15) is 14.9 Å². The van der Waals surface area contributed by atoms with Crippen LogP contribution in [0.5, 0.6) is 0 Å². The molecule has 0 atom stereocenters. The third-order valence-electron chi connectivity index (χ3n) is 3.92. The molecule has 0 unspecified atom stereocenters. The quantitative estimate of drug-likeness (QED) is 0.698. The van der Waals surface area contributed by atoms with Gasteiger partial charge in [0.05, 0.1) is 17.6 Å². The molecule has 0 fully saturated rings. The molecule has 0 saturated carbocycles. The minimum Gasteiger partial charge on any atom is -0.423 e. The minimum absolute atomic E-state index is 0.0515. The molecular formula is C14H20BNO4. The number of anilines is 1. The first kappa shape index (κ1) is 15.0. The number of aliphatic hydroxyl groups is 1. The molecular weight excluding hydrogens is 257 g/mol. The number of carbonyl (C=O) groups is 1. The number of benzene rings is 1. The Morgan fingerprint density at radius 1 is 1.30 bits per heavy atom. The number of rotatable bonds is 4. The van der Waals surface area contributed by atoms with Gasteiger partial charge in [-0.2, -0.15) is 0 Å². The van der Waals surface area contributed by atoms with Gasteiger partial charge in [0.1, 0.15) is 0 Å². The smallest absolute Gasteiger partial charge is 0.423 e. The van der Waals surface area contributed by atoms with Gasteiger partial charge in [-0.05, 0) is 44.8 Å². The number of fused-ring (bicyclic) bond motifs is 1. The topological polar surface area (TPSA) is 78.8 Å². The van der Waals surface area contributed by atoms with Gasteiger partial charge in [0.15, 0.2) is 0 Å². The Morgan fingerprint density at radius 3 is 2.55 bits per heavy atom. The molecule has 1 aliphatic rings. The standard InChI is InChI=1S/C14H20BNO4/c1-13(2,18)14(3,4)20-15(19)10-5-6-11-9(7-10)8-12(17)16-11/h5-7,18-19H,8H2,1-4H3,(H,16,17). The summed E-state index contributed by atoms with van der Waals surface area (Å²) < 4.78 is 5.58. The van der Waals surface area contributed by atoms with Crippen LogP contribution in [0, 0.1) is 0 Å². The van der Waals surface area contributed by atoms with Crippen LogP contribution in [0.2, 0.25) is 0 Å². The van der Waals surface area contributed by atoms with E-state index in [0.717, 1.165) is 11.3 Å². The zero-order chi connectivity index (χ0) is 15.1. The zero-order valence-corrected chi connectivity index (χ0v) is 12.2. The largest absolute Gasteiger partial charge is 0.491 e. The molecule has 1 aromatic carbocycles. The number of nitrogens with one attached hydrogen (secondary N) is 1. The maximum Gasteiger partial charge on any atom is 0.491 e. The van der Waals surface area contributed by atoms with Crippen LogP contribution in [0.3, 0.4) is 0 Å². The second-order valence-corrected chi connectivity index (χ2v) is 6.18. The van der Waals surface area contributed by atoms with Gasteiger partial charge in [0.2, 0.25) is 5.91 Å². The van der Waals surface area contributed by atoms with Crippen molar-refractivity contribution < 1.29 is 19.6 Å². The summed E-state index contributed by atoms with van der Waals surface area (Å²) in [5.74, 6) is -0.0515. The molecule has 5 nitrogen and oxygen atoms in total. The van der Waals surface area contributed by atoms with Crippen molar-refractivity contribution in [3.63, 3.8) is 0 Å².